The largest absolute Gasteiger partial charge is 0.497 e. The van der Waals surface area contributed by atoms with E-state index in [1.165, 1.54) is 10.9 Å². The molecule has 3 aromatic rings. The van der Waals surface area contributed by atoms with Gasteiger partial charge >= 0.3 is 0 Å². The van der Waals surface area contributed by atoms with Crippen molar-refractivity contribution in [2.45, 2.75) is 37.6 Å². The Morgan fingerprint density at radius 2 is 2.00 bits per heavy atom. The first kappa shape index (κ1) is 19.5. The van der Waals surface area contributed by atoms with E-state index in [1.54, 1.807) is 7.11 Å². The first-order valence-electron chi connectivity index (χ1n) is 10.4. The zero-order chi connectivity index (χ0) is 20.2. The van der Waals surface area contributed by atoms with Crippen molar-refractivity contribution in [1.82, 2.24) is 10.3 Å². The number of amides is 1. The van der Waals surface area contributed by atoms with Gasteiger partial charge in [0, 0.05) is 41.5 Å². The molecule has 4 N–H and O–H groups in total. The SMILES string of the molecule is COc1ccc(C(CNC(=O)C2CCCC(N)C2)c2c[nH]c3ccccc23)cc1. The van der Waals surface area contributed by atoms with Crippen LogP contribution >= 0.6 is 0 Å². The maximum Gasteiger partial charge on any atom is 0.223 e. The molecule has 2 aromatic carbocycles. The molecule has 3 atom stereocenters. The maximum absolute atomic E-state index is 12.8. The molecule has 1 aromatic heterocycles. The number of ether oxygens (including phenoxy) is 1. The van der Waals surface area contributed by atoms with E-state index >= 15 is 0 Å². The van der Waals surface area contributed by atoms with Crippen LogP contribution in [0.4, 0.5) is 0 Å². The summed E-state index contributed by atoms with van der Waals surface area (Å²) >= 11 is 0. The molecule has 0 aliphatic heterocycles. The Labute approximate surface area is 171 Å². The van der Waals surface area contributed by atoms with Crippen LogP contribution in [-0.2, 0) is 4.79 Å². The normalized spacial score (nSPS) is 20.3. The summed E-state index contributed by atoms with van der Waals surface area (Å²) in [5, 5.41) is 4.40. The smallest absolute Gasteiger partial charge is 0.223 e. The van der Waals surface area contributed by atoms with Crippen LogP contribution < -0.4 is 15.8 Å². The lowest BCUT2D eigenvalue weighted by Gasteiger charge is -2.27. The molecule has 5 nitrogen and oxygen atoms in total. The Kier molecular flexibility index (Phi) is 5.86. The highest BCUT2D eigenvalue weighted by Gasteiger charge is 2.26. The first-order valence-corrected chi connectivity index (χ1v) is 10.4. The van der Waals surface area contributed by atoms with Crippen molar-refractivity contribution >= 4 is 16.8 Å². The van der Waals surface area contributed by atoms with Crippen LogP contribution in [0.2, 0.25) is 0 Å². The number of nitrogens with two attached hydrogens (primary N) is 1. The van der Waals surface area contributed by atoms with Gasteiger partial charge in [0.15, 0.2) is 0 Å². The molecule has 3 unspecified atom stereocenters. The summed E-state index contributed by atoms with van der Waals surface area (Å²) in [6.07, 6.45) is 5.82. The molecule has 152 valence electrons. The van der Waals surface area contributed by atoms with Crippen molar-refractivity contribution in [3.8, 4) is 5.75 Å². The summed E-state index contributed by atoms with van der Waals surface area (Å²) in [5.41, 5.74) is 9.52. The minimum Gasteiger partial charge on any atom is -0.497 e. The molecule has 1 aliphatic carbocycles. The van der Waals surface area contributed by atoms with E-state index in [2.05, 4.69) is 40.8 Å². The predicted molar refractivity (Wildman–Crippen MR) is 116 cm³/mol. The Bertz CT molecular complexity index is 964. The number of aromatic amines is 1. The first-order chi connectivity index (χ1) is 14.2. The van der Waals surface area contributed by atoms with Crippen LogP contribution in [0.15, 0.2) is 54.7 Å². The van der Waals surface area contributed by atoms with E-state index in [4.69, 9.17) is 10.5 Å². The maximum atomic E-state index is 12.8. The number of para-hydroxylation sites is 1. The highest BCUT2D eigenvalue weighted by atomic mass is 16.5. The molecule has 1 heterocycles. The topological polar surface area (TPSA) is 80.1 Å². The monoisotopic (exact) mass is 391 g/mol. The lowest BCUT2D eigenvalue weighted by atomic mass is 9.85. The Morgan fingerprint density at radius 3 is 2.76 bits per heavy atom. The van der Waals surface area contributed by atoms with Crippen LogP contribution in [0.3, 0.4) is 0 Å². The number of hydrogen-bond donors (Lipinski definition) is 3. The quantitative estimate of drug-likeness (QED) is 0.595. The van der Waals surface area contributed by atoms with E-state index in [0.717, 1.165) is 42.5 Å². The van der Waals surface area contributed by atoms with Gasteiger partial charge in [-0.3, -0.25) is 4.79 Å². The summed E-state index contributed by atoms with van der Waals surface area (Å²) in [6.45, 7) is 0.554. The van der Waals surface area contributed by atoms with Crippen LogP contribution in [0.1, 0.15) is 42.7 Å². The Morgan fingerprint density at radius 1 is 1.21 bits per heavy atom. The van der Waals surface area contributed by atoms with Crippen LogP contribution in [0.5, 0.6) is 5.75 Å². The number of rotatable bonds is 6. The van der Waals surface area contributed by atoms with Gasteiger partial charge in [-0.05, 0) is 48.6 Å². The van der Waals surface area contributed by atoms with Crippen molar-refractivity contribution in [2.75, 3.05) is 13.7 Å². The Balaban J connectivity index is 1.59. The predicted octanol–water partition coefficient (Wildman–Crippen LogP) is 3.94. The van der Waals surface area contributed by atoms with E-state index in [0.29, 0.717) is 6.54 Å². The highest BCUT2D eigenvalue weighted by molar-refractivity contribution is 5.84. The van der Waals surface area contributed by atoms with E-state index in [9.17, 15) is 4.79 Å². The molecule has 29 heavy (non-hydrogen) atoms. The van der Waals surface area contributed by atoms with Gasteiger partial charge < -0.3 is 20.8 Å². The number of aromatic nitrogens is 1. The fourth-order valence-electron chi connectivity index (χ4n) is 4.44. The molecular weight excluding hydrogens is 362 g/mol. The lowest BCUT2D eigenvalue weighted by molar-refractivity contribution is -0.126. The van der Waals surface area contributed by atoms with Gasteiger partial charge in [0.25, 0.3) is 0 Å². The van der Waals surface area contributed by atoms with Gasteiger partial charge in [0.1, 0.15) is 5.75 Å². The number of methoxy groups -OCH3 is 1. The molecule has 5 heteroatoms. The van der Waals surface area contributed by atoms with Crippen molar-refractivity contribution in [2.24, 2.45) is 11.7 Å². The van der Waals surface area contributed by atoms with Crippen molar-refractivity contribution < 1.29 is 9.53 Å². The van der Waals surface area contributed by atoms with E-state index in [1.807, 2.05) is 24.3 Å². The third-order valence-electron chi connectivity index (χ3n) is 6.08. The van der Waals surface area contributed by atoms with Gasteiger partial charge in [0.2, 0.25) is 5.91 Å². The average molecular weight is 392 g/mol. The minimum absolute atomic E-state index is 0.0261. The summed E-state index contributed by atoms with van der Waals surface area (Å²) in [6, 6.07) is 16.5. The van der Waals surface area contributed by atoms with Gasteiger partial charge in [-0.2, -0.15) is 0 Å². The number of carbonyl (C=O) groups excluding carboxylic acids is 1. The van der Waals surface area contributed by atoms with Gasteiger partial charge in [0.05, 0.1) is 7.11 Å². The van der Waals surface area contributed by atoms with E-state index < -0.39 is 0 Å². The molecule has 1 aliphatic rings. The number of carbonyl (C=O) groups is 1. The molecule has 0 spiro atoms. The number of nitrogens with one attached hydrogen (secondary N) is 2. The van der Waals surface area contributed by atoms with Gasteiger partial charge in [-0.1, -0.05) is 36.8 Å². The third kappa shape index (κ3) is 4.30. The minimum atomic E-state index is 0.0261. The molecular formula is C24H29N3O2. The number of fused-ring (bicyclic) bond motifs is 1. The van der Waals surface area contributed by atoms with Gasteiger partial charge in [-0.25, -0.2) is 0 Å². The van der Waals surface area contributed by atoms with Crippen molar-refractivity contribution in [3.05, 3.63) is 65.9 Å². The highest BCUT2D eigenvalue weighted by Crippen LogP contribution is 2.32. The standard InChI is InChI=1S/C24H29N3O2/c1-29-19-11-9-16(10-12-19)21(22-15-26-23-8-3-2-7-20(22)23)14-27-24(28)17-5-4-6-18(25)13-17/h2-3,7-12,15,17-18,21,26H,4-6,13-14,25H2,1H3,(H,27,28). The van der Waals surface area contributed by atoms with Crippen molar-refractivity contribution in [3.63, 3.8) is 0 Å². The zero-order valence-corrected chi connectivity index (χ0v) is 16.9. The van der Waals surface area contributed by atoms with E-state index in [-0.39, 0.29) is 23.8 Å². The fourth-order valence-corrected chi connectivity index (χ4v) is 4.44. The van der Waals surface area contributed by atoms with Crippen LogP contribution in [0.25, 0.3) is 10.9 Å². The zero-order valence-electron chi connectivity index (χ0n) is 16.9. The third-order valence-corrected chi connectivity index (χ3v) is 6.08. The second-order valence-electron chi connectivity index (χ2n) is 7.98. The summed E-state index contributed by atoms with van der Waals surface area (Å²) < 4.78 is 5.31. The molecule has 4 rings (SSSR count). The summed E-state index contributed by atoms with van der Waals surface area (Å²) in [4.78, 5) is 16.2. The van der Waals surface area contributed by atoms with Crippen LogP contribution in [0, 0.1) is 5.92 Å². The molecule has 1 fully saturated rings. The second kappa shape index (κ2) is 8.70. The molecule has 0 saturated heterocycles. The van der Waals surface area contributed by atoms with Crippen LogP contribution in [-0.4, -0.2) is 30.6 Å². The Hall–Kier alpha value is -2.79. The number of benzene rings is 2. The lowest BCUT2D eigenvalue weighted by Crippen LogP contribution is -2.39. The number of hydrogen-bond acceptors (Lipinski definition) is 3. The molecule has 1 amide bonds. The van der Waals surface area contributed by atoms with Crippen molar-refractivity contribution in [1.29, 1.82) is 0 Å². The average Bonchev–Trinajstić information content (AvgIpc) is 3.18. The molecule has 0 radical (unpaired) electrons. The molecule has 1 saturated carbocycles. The number of H-pyrrole nitrogens is 1. The van der Waals surface area contributed by atoms with Gasteiger partial charge in [-0.15, -0.1) is 0 Å². The fraction of sp³-hybridized carbons (Fsp3) is 0.375. The second-order valence-corrected chi connectivity index (χ2v) is 7.98. The molecule has 0 bridgehead atoms. The summed E-state index contributed by atoms with van der Waals surface area (Å²) in [7, 11) is 1.67. The summed E-state index contributed by atoms with van der Waals surface area (Å²) in [5.74, 6) is 1.03.